The average Bonchev–Trinajstić information content (AvgIpc) is 2.23. The van der Waals surface area contributed by atoms with Gasteiger partial charge in [0, 0.05) is 5.56 Å². The van der Waals surface area contributed by atoms with Gasteiger partial charge in [-0.1, -0.05) is 18.5 Å². The van der Waals surface area contributed by atoms with E-state index in [2.05, 4.69) is 0 Å². The maximum absolute atomic E-state index is 13.4. The number of hydrogen-bond acceptors (Lipinski definition) is 1. The Kier molecular flexibility index (Phi) is 4.24. The molecule has 0 amide bonds. The van der Waals surface area contributed by atoms with E-state index in [1.165, 1.54) is 6.92 Å². The second-order valence-electron chi connectivity index (χ2n) is 3.60. The standard InChI is InChI=1S/C11H11ClF2O2/c1-6(11(15)16)2-3-7-9(13)5-4-8(12)10(7)14/h4-6H,2-3H2,1H3,(H,15,16). The van der Waals surface area contributed by atoms with E-state index < -0.39 is 23.5 Å². The summed E-state index contributed by atoms with van der Waals surface area (Å²) in [6.45, 7) is 1.49. The molecular formula is C11H11ClF2O2. The van der Waals surface area contributed by atoms with Crippen molar-refractivity contribution in [3.63, 3.8) is 0 Å². The molecule has 0 heterocycles. The molecule has 0 aliphatic rings. The average molecular weight is 249 g/mol. The van der Waals surface area contributed by atoms with Crippen molar-refractivity contribution in [1.29, 1.82) is 0 Å². The van der Waals surface area contributed by atoms with Crippen molar-refractivity contribution >= 4 is 17.6 Å². The highest BCUT2D eigenvalue weighted by atomic mass is 35.5. The van der Waals surface area contributed by atoms with Crippen LogP contribution in [0.3, 0.4) is 0 Å². The van der Waals surface area contributed by atoms with Crippen LogP contribution < -0.4 is 0 Å². The molecule has 0 aliphatic heterocycles. The van der Waals surface area contributed by atoms with E-state index in [9.17, 15) is 13.6 Å². The van der Waals surface area contributed by atoms with Crippen LogP contribution in [0.15, 0.2) is 12.1 Å². The SMILES string of the molecule is CC(CCc1c(F)ccc(Cl)c1F)C(=O)O. The molecule has 2 nitrogen and oxygen atoms in total. The van der Waals surface area contributed by atoms with Gasteiger partial charge in [-0.05, 0) is 25.0 Å². The zero-order valence-electron chi connectivity index (χ0n) is 8.64. The molecule has 0 saturated heterocycles. The first-order valence-corrected chi connectivity index (χ1v) is 5.16. The molecule has 1 rings (SSSR count). The summed E-state index contributed by atoms with van der Waals surface area (Å²) in [5.41, 5.74) is -0.152. The molecule has 1 aromatic rings. The summed E-state index contributed by atoms with van der Waals surface area (Å²) in [5.74, 6) is -3.13. The first-order chi connectivity index (χ1) is 7.43. The lowest BCUT2D eigenvalue weighted by Gasteiger charge is -2.08. The normalized spacial score (nSPS) is 12.5. The molecule has 0 radical (unpaired) electrons. The van der Waals surface area contributed by atoms with Gasteiger partial charge in [0.15, 0.2) is 0 Å². The maximum Gasteiger partial charge on any atom is 0.306 e. The second-order valence-corrected chi connectivity index (χ2v) is 4.01. The van der Waals surface area contributed by atoms with Crippen LogP contribution in [0.5, 0.6) is 0 Å². The molecule has 0 aromatic heterocycles. The molecule has 88 valence electrons. The third-order valence-electron chi connectivity index (χ3n) is 2.39. The topological polar surface area (TPSA) is 37.3 Å². The largest absolute Gasteiger partial charge is 0.481 e. The van der Waals surface area contributed by atoms with Gasteiger partial charge in [-0.3, -0.25) is 4.79 Å². The predicted octanol–water partition coefficient (Wildman–Crippen LogP) is 3.27. The number of halogens is 3. The third kappa shape index (κ3) is 2.92. The van der Waals surface area contributed by atoms with Crippen molar-refractivity contribution in [3.8, 4) is 0 Å². The minimum atomic E-state index is -0.983. The summed E-state index contributed by atoms with van der Waals surface area (Å²) in [7, 11) is 0. The zero-order chi connectivity index (χ0) is 12.3. The van der Waals surface area contributed by atoms with Crippen molar-refractivity contribution in [2.24, 2.45) is 5.92 Å². The number of carboxylic acid groups (broad SMARTS) is 1. The summed E-state index contributed by atoms with van der Waals surface area (Å²) in [6, 6.07) is 2.21. The number of hydrogen-bond donors (Lipinski definition) is 1. The molecule has 1 atom stereocenters. The van der Waals surface area contributed by atoms with E-state index in [-0.39, 0.29) is 23.4 Å². The Balaban J connectivity index is 2.81. The molecule has 0 spiro atoms. The first kappa shape index (κ1) is 12.9. The Labute approximate surface area is 96.8 Å². The lowest BCUT2D eigenvalue weighted by molar-refractivity contribution is -0.141. The lowest BCUT2D eigenvalue weighted by Crippen LogP contribution is -2.11. The van der Waals surface area contributed by atoms with Gasteiger partial charge >= 0.3 is 5.97 Å². The Bertz CT molecular complexity index is 407. The number of aliphatic carboxylic acids is 1. The summed E-state index contributed by atoms with van der Waals surface area (Å²) in [4.78, 5) is 10.5. The fraction of sp³-hybridized carbons (Fsp3) is 0.364. The summed E-state index contributed by atoms with van der Waals surface area (Å²) >= 11 is 5.51. The van der Waals surface area contributed by atoms with Crippen molar-refractivity contribution in [1.82, 2.24) is 0 Å². The van der Waals surface area contributed by atoms with Crippen LogP contribution in [0.4, 0.5) is 8.78 Å². The highest BCUT2D eigenvalue weighted by Gasteiger charge is 2.16. The summed E-state index contributed by atoms with van der Waals surface area (Å²) in [5, 5.41) is 8.49. The maximum atomic E-state index is 13.4. The molecule has 5 heteroatoms. The molecule has 1 N–H and O–H groups in total. The van der Waals surface area contributed by atoms with Gasteiger partial charge < -0.3 is 5.11 Å². The van der Waals surface area contributed by atoms with Gasteiger partial charge in [-0.15, -0.1) is 0 Å². The molecule has 1 unspecified atom stereocenters. The minimum absolute atomic E-state index is 0.0195. The lowest BCUT2D eigenvalue weighted by atomic mass is 10.0. The Morgan fingerprint density at radius 1 is 1.50 bits per heavy atom. The Hall–Kier alpha value is -1.16. The number of carboxylic acids is 1. The number of rotatable bonds is 4. The van der Waals surface area contributed by atoms with Crippen LogP contribution in [-0.2, 0) is 11.2 Å². The molecule has 0 saturated carbocycles. The predicted molar refractivity (Wildman–Crippen MR) is 56.5 cm³/mol. The minimum Gasteiger partial charge on any atom is -0.481 e. The smallest absolute Gasteiger partial charge is 0.306 e. The summed E-state index contributed by atoms with van der Waals surface area (Å²) < 4.78 is 26.6. The Morgan fingerprint density at radius 2 is 2.12 bits per heavy atom. The van der Waals surface area contributed by atoms with Gasteiger partial charge in [-0.25, -0.2) is 8.78 Å². The van der Waals surface area contributed by atoms with Crippen LogP contribution in [0.2, 0.25) is 5.02 Å². The zero-order valence-corrected chi connectivity index (χ0v) is 9.39. The fourth-order valence-electron chi connectivity index (χ4n) is 1.28. The van der Waals surface area contributed by atoms with Crippen LogP contribution in [0, 0.1) is 17.6 Å². The highest BCUT2D eigenvalue weighted by molar-refractivity contribution is 6.30. The van der Waals surface area contributed by atoms with E-state index in [1.54, 1.807) is 0 Å². The van der Waals surface area contributed by atoms with Crippen LogP contribution in [-0.4, -0.2) is 11.1 Å². The van der Waals surface area contributed by atoms with Crippen molar-refractivity contribution in [2.45, 2.75) is 19.8 Å². The van der Waals surface area contributed by atoms with Crippen LogP contribution in [0.1, 0.15) is 18.9 Å². The van der Waals surface area contributed by atoms with Gasteiger partial charge in [0.1, 0.15) is 11.6 Å². The molecule has 0 bridgehead atoms. The molecule has 0 fully saturated rings. The first-order valence-electron chi connectivity index (χ1n) is 4.78. The second kappa shape index (κ2) is 5.25. The fourth-order valence-corrected chi connectivity index (χ4v) is 1.46. The third-order valence-corrected chi connectivity index (χ3v) is 2.68. The monoisotopic (exact) mass is 248 g/mol. The molecule has 16 heavy (non-hydrogen) atoms. The summed E-state index contributed by atoms with van der Waals surface area (Å²) in [6.07, 6.45) is 0.190. The molecular weight excluding hydrogens is 238 g/mol. The van der Waals surface area contributed by atoms with Crippen LogP contribution in [0.25, 0.3) is 0 Å². The van der Waals surface area contributed by atoms with Crippen molar-refractivity contribution < 1.29 is 18.7 Å². The van der Waals surface area contributed by atoms with Gasteiger partial charge in [0.2, 0.25) is 0 Å². The quantitative estimate of drug-likeness (QED) is 0.831. The molecule has 0 aliphatic carbocycles. The van der Waals surface area contributed by atoms with Crippen LogP contribution >= 0.6 is 11.6 Å². The molecule has 1 aromatic carbocycles. The van der Waals surface area contributed by atoms with Gasteiger partial charge in [0.25, 0.3) is 0 Å². The van der Waals surface area contributed by atoms with Crippen molar-refractivity contribution in [3.05, 3.63) is 34.4 Å². The van der Waals surface area contributed by atoms with E-state index in [4.69, 9.17) is 16.7 Å². The van der Waals surface area contributed by atoms with E-state index in [0.717, 1.165) is 12.1 Å². The highest BCUT2D eigenvalue weighted by Crippen LogP contribution is 2.23. The Morgan fingerprint density at radius 3 is 2.69 bits per heavy atom. The number of benzene rings is 1. The van der Waals surface area contributed by atoms with Gasteiger partial charge in [-0.2, -0.15) is 0 Å². The van der Waals surface area contributed by atoms with E-state index in [0.29, 0.717) is 0 Å². The van der Waals surface area contributed by atoms with E-state index >= 15 is 0 Å². The van der Waals surface area contributed by atoms with Crippen molar-refractivity contribution in [2.75, 3.05) is 0 Å². The van der Waals surface area contributed by atoms with E-state index in [1.807, 2.05) is 0 Å². The number of carbonyl (C=O) groups is 1. The van der Waals surface area contributed by atoms with Gasteiger partial charge in [0.05, 0.1) is 10.9 Å².